The second kappa shape index (κ2) is 4.91. The van der Waals surface area contributed by atoms with Crippen LogP contribution in [-0.4, -0.2) is 23.4 Å². The molecule has 1 saturated heterocycles. The Labute approximate surface area is 119 Å². The minimum Gasteiger partial charge on any atom is -0.320 e. The van der Waals surface area contributed by atoms with Crippen molar-refractivity contribution >= 4 is 17.2 Å². The summed E-state index contributed by atoms with van der Waals surface area (Å²) in [5, 5.41) is 5.61. The summed E-state index contributed by atoms with van der Waals surface area (Å²) in [6.45, 7) is 7.42. The summed E-state index contributed by atoms with van der Waals surface area (Å²) in [7, 11) is 0. The largest absolute Gasteiger partial charge is 0.320 e. The van der Waals surface area contributed by atoms with Crippen LogP contribution in [0.4, 0.5) is 0 Å². The SMILES string of the molecule is CC(C)C1NC(c2cccs2)N(CC2CC2C)C1=O. The summed E-state index contributed by atoms with van der Waals surface area (Å²) < 4.78 is 0. The fourth-order valence-electron chi connectivity index (χ4n) is 2.90. The Bertz CT molecular complexity index is 457. The van der Waals surface area contributed by atoms with Gasteiger partial charge in [-0.25, -0.2) is 0 Å². The minimum atomic E-state index is -0.0267. The normalized spacial score (nSPS) is 34.3. The van der Waals surface area contributed by atoms with E-state index in [4.69, 9.17) is 0 Å². The van der Waals surface area contributed by atoms with E-state index < -0.39 is 0 Å². The lowest BCUT2D eigenvalue weighted by Crippen LogP contribution is -2.35. The summed E-state index contributed by atoms with van der Waals surface area (Å²) in [6.07, 6.45) is 1.36. The maximum Gasteiger partial charge on any atom is 0.241 e. The molecule has 0 aromatic carbocycles. The van der Waals surface area contributed by atoms with Crippen LogP contribution in [0.25, 0.3) is 0 Å². The Morgan fingerprint density at radius 3 is 2.79 bits per heavy atom. The average molecular weight is 278 g/mol. The quantitative estimate of drug-likeness (QED) is 0.918. The van der Waals surface area contributed by atoms with Gasteiger partial charge in [0.1, 0.15) is 6.17 Å². The highest BCUT2D eigenvalue weighted by Gasteiger charge is 2.45. The van der Waals surface area contributed by atoms with Crippen molar-refractivity contribution in [2.24, 2.45) is 17.8 Å². The molecule has 2 fully saturated rings. The fourth-order valence-corrected chi connectivity index (χ4v) is 3.69. The number of rotatable bonds is 4. The molecule has 19 heavy (non-hydrogen) atoms. The van der Waals surface area contributed by atoms with E-state index in [1.165, 1.54) is 11.3 Å². The highest BCUT2D eigenvalue weighted by atomic mass is 32.1. The summed E-state index contributed by atoms with van der Waals surface area (Å²) >= 11 is 1.73. The molecule has 3 nitrogen and oxygen atoms in total. The van der Waals surface area contributed by atoms with Crippen LogP contribution in [0.1, 0.15) is 38.2 Å². The third kappa shape index (κ3) is 2.43. The molecule has 4 heteroatoms. The van der Waals surface area contributed by atoms with E-state index in [1.54, 1.807) is 11.3 Å². The number of nitrogens with zero attached hydrogens (tertiary/aromatic N) is 1. The van der Waals surface area contributed by atoms with Crippen LogP contribution in [0.2, 0.25) is 0 Å². The van der Waals surface area contributed by atoms with Crippen LogP contribution in [0.15, 0.2) is 17.5 Å². The molecular formula is C15H22N2OS. The first kappa shape index (κ1) is 13.1. The molecule has 4 unspecified atom stereocenters. The molecule has 1 aliphatic heterocycles. The van der Waals surface area contributed by atoms with Gasteiger partial charge in [0.15, 0.2) is 0 Å². The topological polar surface area (TPSA) is 32.3 Å². The Hall–Kier alpha value is -0.870. The lowest BCUT2D eigenvalue weighted by atomic mass is 10.1. The summed E-state index contributed by atoms with van der Waals surface area (Å²) in [4.78, 5) is 15.9. The number of hydrogen-bond acceptors (Lipinski definition) is 3. The molecule has 104 valence electrons. The molecule has 2 heterocycles. The van der Waals surface area contributed by atoms with Gasteiger partial charge in [-0.05, 0) is 35.6 Å². The van der Waals surface area contributed by atoms with Gasteiger partial charge in [-0.2, -0.15) is 0 Å². The smallest absolute Gasteiger partial charge is 0.241 e. The van der Waals surface area contributed by atoms with Gasteiger partial charge >= 0.3 is 0 Å². The molecule has 1 saturated carbocycles. The predicted octanol–water partition coefficient (Wildman–Crippen LogP) is 2.86. The zero-order valence-electron chi connectivity index (χ0n) is 11.8. The molecule has 1 amide bonds. The number of hydrogen-bond donors (Lipinski definition) is 1. The number of thiophene rings is 1. The second-order valence-electron chi connectivity index (χ2n) is 6.27. The van der Waals surface area contributed by atoms with E-state index in [0.717, 1.165) is 12.5 Å². The van der Waals surface area contributed by atoms with E-state index in [1.807, 2.05) is 0 Å². The van der Waals surface area contributed by atoms with E-state index in [-0.39, 0.29) is 18.1 Å². The number of carbonyl (C=O) groups is 1. The van der Waals surface area contributed by atoms with Crippen molar-refractivity contribution in [3.05, 3.63) is 22.4 Å². The lowest BCUT2D eigenvalue weighted by Gasteiger charge is -2.23. The maximum absolute atomic E-state index is 12.6. The van der Waals surface area contributed by atoms with Gasteiger partial charge in [0.05, 0.1) is 6.04 Å². The van der Waals surface area contributed by atoms with E-state index in [0.29, 0.717) is 11.8 Å². The van der Waals surface area contributed by atoms with Gasteiger partial charge < -0.3 is 4.90 Å². The van der Waals surface area contributed by atoms with Gasteiger partial charge in [-0.1, -0.05) is 26.8 Å². The summed E-state index contributed by atoms with van der Waals surface area (Å²) in [5.74, 6) is 2.12. The molecule has 0 radical (unpaired) electrons. The van der Waals surface area contributed by atoms with Crippen molar-refractivity contribution in [2.75, 3.05) is 6.54 Å². The third-order valence-electron chi connectivity index (χ3n) is 4.38. The van der Waals surface area contributed by atoms with Crippen LogP contribution in [0, 0.1) is 17.8 Å². The highest BCUT2D eigenvalue weighted by Crippen LogP contribution is 2.41. The monoisotopic (exact) mass is 278 g/mol. The molecule has 3 rings (SSSR count). The zero-order valence-corrected chi connectivity index (χ0v) is 12.6. The summed E-state index contributed by atoms with van der Waals surface area (Å²) in [6, 6.07) is 4.16. The molecule has 4 atom stereocenters. The number of nitrogens with one attached hydrogen (secondary N) is 1. The maximum atomic E-state index is 12.6. The first-order valence-corrected chi connectivity index (χ1v) is 8.06. The first-order chi connectivity index (χ1) is 9.08. The van der Waals surface area contributed by atoms with Gasteiger partial charge in [0.2, 0.25) is 5.91 Å². The second-order valence-corrected chi connectivity index (χ2v) is 7.25. The van der Waals surface area contributed by atoms with Gasteiger partial charge in [0, 0.05) is 11.4 Å². The van der Waals surface area contributed by atoms with Gasteiger partial charge in [-0.15, -0.1) is 11.3 Å². The van der Waals surface area contributed by atoms with Crippen molar-refractivity contribution in [1.82, 2.24) is 10.2 Å². The third-order valence-corrected chi connectivity index (χ3v) is 5.31. The fraction of sp³-hybridized carbons (Fsp3) is 0.667. The molecule has 1 N–H and O–H groups in total. The standard InChI is InChI=1S/C15H22N2OS/c1-9(2)13-15(18)17(8-11-7-10(11)3)14(16-13)12-5-4-6-19-12/h4-6,9-11,13-14,16H,7-8H2,1-3H3. The Morgan fingerprint density at radius 2 is 2.26 bits per heavy atom. The number of amides is 1. The van der Waals surface area contributed by atoms with Crippen molar-refractivity contribution in [3.8, 4) is 0 Å². The van der Waals surface area contributed by atoms with Gasteiger partial charge in [-0.3, -0.25) is 10.1 Å². The molecular weight excluding hydrogens is 256 g/mol. The zero-order chi connectivity index (χ0) is 13.6. The van der Waals surface area contributed by atoms with Crippen molar-refractivity contribution in [1.29, 1.82) is 0 Å². The number of carbonyl (C=O) groups excluding carboxylic acids is 1. The molecule has 1 aromatic rings. The van der Waals surface area contributed by atoms with Crippen molar-refractivity contribution < 1.29 is 4.79 Å². The average Bonchev–Trinajstić information content (AvgIpc) is 2.81. The Kier molecular flexibility index (Phi) is 3.39. The molecule has 0 spiro atoms. The summed E-state index contributed by atoms with van der Waals surface area (Å²) in [5.41, 5.74) is 0. The molecule has 2 aliphatic rings. The van der Waals surface area contributed by atoms with Crippen LogP contribution in [0.3, 0.4) is 0 Å². The van der Waals surface area contributed by atoms with Crippen molar-refractivity contribution in [2.45, 2.75) is 39.4 Å². The van der Waals surface area contributed by atoms with Crippen LogP contribution in [-0.2, 0) is 4.79 Å². The Balaban J connectivity index is 1.81. The van der Waals surface area contributed by atoms with Crippen LogP contribution >= 0.6 is 11.3 Å². The molecule has 0 bridgehead atoms. The minimum absolute atomic E-state index is 0.0267. The van der Waals surface area contributed by atoms with Crippen LogP contribution < -0.4 is 5.32 Å². The predicted molar refractivity (Wildman–Crippen MR) is 77.8 cm³/mol. The molecule has 1 aromatic heterocycles. The van der Waals surface area contributed by atoms with Crippen molar-refractivity contribution in [3.63, 3.8) is 0 Å². The van der Waals surface area contributed by atoms with E-state index >= 15 is 0 Å². The molecule has 1 aliphatic carbocycles. The van der Waals surface area contributed by atoms with Gasteiger partial charge in [0.25, 0.3) is 0 Å². The van der Waals surface area contributed by atoms with E-state index in [9.17, 15) is 4.79 Å². The van der Waals surface area contributed by atoms with Crippen LogP contribution in [0.5, 0.6) is 0 Å². The first-order valence-electron chi connectivity index (χ1n) is 7.18. The lowest BCUT2D eigenvalue weighted by molar-refractivity contribution is -0.131. The van der Waals surface area contributed by atoms with E-state index in [2.05, 4.69) is 48.5 Å². The Morgan fingerprint density at radius 1 is 1.53 bits per heavy atom. The highest BCUT2D eigenvalue weighted by molar-refractivity contribution is 7.10.